The third kappa shape index (κ3) is 1.86. The van der Waals surface area contributed by atoms with Gasteiger partial charge in [0.05, 0.1) is 22.8 Å². The molecule has 7 heteroatoms. The van der Waals surface area contributed by atoms with Gasteiger partial charge in [-0.3, -0.25) is 5.10 Å². The molecule has 4 nitrogen and oxygen atoms in total. The van der Waals surface area contributed by atoms with E-state index in [1.165, 1.54) is 6.07 Å². The Morgan fingerprint density at radius 3 is 2.55 bits per heavy atom. The number of H-pyrrole nitrogens is 2. The second kappa shape index (κ2) is 4.33. The molecular formula is C15H9F3N4. The van der Waals surface area contributed by atoms with Crippen molar-refractivity contribution in [3.05, 3.63) is 48.2 Å². The highest BCUT2D eigenvalue weighted by Gasteiger charge is 2.33. The van der Waals surface area contributed by atoms with Gasteiger partial charge >= 0.3 is 6.18 Å². The van der Waals surface area contributed by atoms with E-state index in [1.807, 2.05) is 6.07 Å². The lowest BCUT2D eigenvalue weighted by molar-refractivity contribution is -0.136. The normalized spacial score (nSPS) is 12.3. The Labute approximate surface area is 122 Å². The molecule has 0 saturated heterocycles. The number of alkyl halides is 3. The van der Waals surface area contributed by atoms with E-state index in [-0.39, 0.29) is 5.52 Å². The van der Waals surface area contributed by atoms with Gasteiger partial charge in [-0.1, -0.05) is 18.2 Å². The summed E-state index contributed by atoms with van der Waals surface area (Å²) in [4.78, 5) is 7.12. The highest BCUT2D eigenvalue weighted by atomic mass is 19.4. The average molecular weight is 302 g/mol. The van der Waals surface area contributed by atoms with Gasteiger partial charge in [0, 0.05) is 10.9 Å². The topological polar surface area (TPSA) is 57.4 Å². The van der Waals surface area contributed by atoms with Crippen molar-refractivity contribution in [3.8, 4) is 11.4 Å². The number of fused-ring (bicyclic) bond motifs is 2. The summed E-state index contributed by atoms with van der Waals surface area (Å²) >= 11 is 0. The minimum atomic E-state index is -4.44. The number of aromatic amines is 2. The van der Waals surface area contributed by atoms with E-state index in [2.05, 4.69) is 20.2 Å². The molecule has 2 aromatic carbocycles. The summed E-state index contributed by atoms with van der Waals surface area (Å²) in [6.45, 7) is 0. The van der Waals surface area contributed by atoms with Crippen molar-refractivity contribution in [1.29, 1.82) is 0 Å². The quantitative estimate of drug-likeness (QED) is 0.555. The fourth-order valence-electron chi connectivity index (χ4n) is 2.56. The molecule has 4 rings (SSSR count). The summed E-state index contributed by atoms with van der Waals surface area (Å²) in [5.74, 6) is 0.388. The van der Waals surface area contributed by atoms with Gasteiger partial charge in [-0.25, -0.2) is 4.98 Å². The SMILES string of the molecule is FC(F)(F)c1cccc2[nH]c(-c3cccc4[nH]ncc34)nc12. The highest BCUT2D eigenvalue weighted by Crippen LogP contribution is 2.35. The molecule has 0 aliphatic heterocycles. The third-order valence-electron chi connectivity index (χ3n) is 3.56. The molecule has 2 N–H and O–H groups in total. The molecule has 2 heterocycles. The Balaban J connectivity index is 1.99. The molecule has 4 aromatic rings. The zero-order valence-corrected chi connectivity index (χ0v) is 11.1. The van der Waals surface area contributed by atoms with E-state index in [0.29, 0.717) is 16.9 Å². The van der Waals surface area contributed by atoms with Gasteiger partial charge in [-0.15, -0.1) is 0 Å². The number of rotatable bonds is 1. The van der Waals surface area contributed by atoms with E-state index in [0.717, 1.165) is 17.0 Å². The van der Waals surface area contributed by atoms with Crippen LogP contribution in [0.4, 0.5) is 13.2 Å². The average Bonchev–Trinajstić information content (AvgIpc) is 3.11. The Bertz CT molecular complexity index is 981. The van der Waals surface area contributed by atoms with E-state index in [1.54, 1.807) is 24.4 Å². The van der Waals surface area contributed by atoms with Gasteiger partial charge in [-0.05, 0) is 18.2 Å². The molecule has 110 valence electrons. The summed E-state index contributed by atoms with van der Waals surface area (Å²) in [7, 11) is 0. The van der Waals surface area contributed by atoms with Crippen LogP contribution in [0.2, 0.25) is 0 Å². The maximum absolute atomic E-state index is 13.1. The molecule has 0 unspecified atom stereocenters. The Kier molecular flexibility index (Phi) is 2.53. The zero-order valence-electron chi connectivity index (χ0n) is 11.1. The first kappa shape index (κ1) is 12.9. The number of hydrogen-bond donors (Lipinski definition) is 2. The molecular weight excluding hydrogens is 293 g/mol. The van der Waals surface area contributed by atoms with E-state index in [4.69, 9.17) is 0 Å². The maximum atomic E-state index is 13.1. The molecule has 22 heavy (non-hydrogen) atoms. The number of hydrogen-bond acceptors (Lipinski definition) is 2. The van der Waals surface area contributed by atoms with Crippen molar-refractivity contribution in [1.82, 2.24) is 20.2 Å². The summed E-state index contributed by atoms with van der Waals surface area (Å²) in [5, 5.41) is 7.58. The first-order valence-electron chi connectivity index (χ1n) is 6.52. The molecule has 2 aromatic heterocycles. The number of aromatic nitrogens is 4. The fourth-order valence-corrected chi connectivity index (χ4v) is 2.56. The molecule has 0 amide bonds. The van der Waals surface area contributed by atoms with Crippen LogP contribution in [-0.2, 0) is 6.18 Å². The highest BCUT2D eigenvalue weighted by molar-refractivity contribution is 5.94. The number of imidazole rings is 1. The molecule has 0 aliphatic carbocycles. The number of nitrogens with zero attached hydrogens (tertiary/aromatic N) is 2. The van der Waals surface area contributed by atoms with Crippen molar-refractivity contribution >= 4 is 21.9 Å². The van der Waals surface area contributed by atoms with Crippen LogP contribution in [0.3, 0.4) is 0 Å². The van der Waals surface area contributed by atoms with Crippen LogP contribution >= 0.6 is 0 Å². The lowest BCUT2D eigenvalue weighted by atomic mass is 10.1. The minimum Gasteiger partial charge on any atom is -0.338 e. The van der Waals surface area contributed by atoms with Crippen molar-refractivity contribution in [2.24, 2.45) is 0 Å². The molecule has 0 fully saturated rings. The van der Waals surface area contributed by atoms with Crippen LogP contribution in [0.15, 0.2) is 42.6 Å². The van der Waals surface area contributed by atoms with E-state index >= 15 is 0 Å². The first-order chi connectivity index (χ1) is 10.5. The summed E-state index contributed by atoms with van der Waals surface area (Å²) < 4.78 is 39.2. The zero-order chi connectivity index (χ0) is 15.3. The standard InChI is InChI=1S/C15H9F3N4/c16-15(17,18)10-4-2-6-12-13(10)21-14(20-12)8-3-1-5-11-9(8)7-19-22-11/h1-7H,(H,19,22)(H,20,21). The molecule has 0 atom stereocenters. The minimum absolute atomic E-state index is 0.0782. The largest absolute Gasteiger partial charge is 0.418 e. The van der Waals surface area contributed by atoms with Gasteiger partial charge in [0.1, 0.15) is 11.3 Å². The second-order valence-electron chi connectivity index (χ2n) is 4.92. The smallest absolute Gasteiger partial charge is 0.338 e. The molecule has 0 bridgehead atoms. The Hall–Kier alpha value is -2.83. The van der Waals surface area contributed by atoms with Gasteiger partial charge in [0.25, 0.3) is 0 Å². The maximum Gasteiger partial charge on any atom is 0.418 e. The predicted molar refractivity (Wildman–Crippen MR) is 76.2 cm³/mol. The van der Waals surface area contributed by atoms with Gasteiger partial charge in [-0.2, -0.15) is 18.3 Å². The second-order valence-corrected chi connectivity index (χ2v) is 4.92. The molecule has 0 saturated carbocycles. The molecule has 0 radical (unpaired) electrons. The van der Waals surface area contributed by atoms with E-state index < -0.39 is 11.7 Å². The number of para-hydroxylation sites is 1. The Morgan fingerprint density at radius 2 is 1.73 bits per heavy atom. The first-order valence-corrected chi connectivity index (χ1v) is 6.52. The van der Waals surface area contributed by atoms with Crippen molar-refractivity contribution in [2.45, 2.75) is 6.18 Å². The van der Waals surface area contributed by atoms with Crippen LogP contribution in [-0.4, -0.2) is 20.2 Å². The number of benzene rings is 2. The van der Waals surface area contributed by atoms with E-state index in [9.17, 15) is 13.2 Å². The van der Waals surface area contributed by atoms with Crippen molar-refractivity contribution in [3.63, 3.8) is 0 Å². The van der Waals surface area contributed by atoms with Crippen molar-refractivity contribution < 1.29 is 13.2 Å². The molecule has 0 aliphatic rings. The fraction of sp³-hybridized carbons (Fsp3) is 0.0667. The monoisotopic (exact) mass is 302 g/mol. The van der Waals surface area contributed by atoms with Crippen LogP contribution in [0.5, 0.6) is 0 Å². The lowest BCUT2D eigenvalue weighted by Crippen LogP contribution is -2.05. The van der Waals surface area contributed by atoms with Crippen LogP contribution in [0, 0.1) is 0 Å². The number of halogens is 3. The van der Waals surface area contributed by atoms with Crippen LogP contribution < -0.4 is 0 Å². The van der Waals surface area contributed by atoms with Crippen LogP contribution in [0.25, 0.3) is 33.3 Å². The predicted octanol–water partition coefficient (Wildman–Crippen LogP) is 4.13. The lowest BCUT2D eigenvalue weighted by Gasteiger charge is -2.05. The summed E-state index contributed by atoms with van der Waals surface area (Å²) in [5.41, 5.74) is 1.03. The van der Waals surface area contributed by atoms with Crippen molar-refractivity contribution in [2.75, 3.05) is 0 Å². The summed E-state index contributed by atoms with van der Waals surface area (Å²) in [6.07, 6.45) is -2.81. The van der Waals surface area contributed by atoms with Gasteiger partial charge in [0.15, 0.2) is 0 Å². The van der Waals surface area contributed by atoms with Crippen LogP contribution in [0.1, 0.15) is 5.56 Å². The summed E-state index contributed by atoms with van der Waals surface area (Å²) in [6, 6.07) is 9.42. The third-order valence-corrected chi connectivity index (χ3v) is 3.56. The van der Waals surface area contributed by atoms with Gasteiger partial charge in [0.2, 0.25) is 0 Å². The van der Waals surface area contributed by atoms with Gasteiger partial charge < -0.3 is 4.98 Å². The Morgan fingerprint density at radius 1 is 0.955 bits per heavy atom. The number of nitrogens with one attached hydrogen (secondary N) is 2. The molecule has 0 spiro atoms.